The molecule has 0 aliphatic carbocycles. The summed E-state index contributed by atoms with van der Waals surface area (Å²) in [5.41, 5.74) is 8.11. The number of benzene rings is 5. The lowest BCUT2D eigenvalue weighted by molar-refractivity contribution is 0.0559. The van der Waals surface area contributed by atoms with E-state index >= 15 is 0 Å². The smallest absolute Gasteiger partial charge is 0.411 e. The molecule has 8 heteroatoms. The number of hydrogen-bond donors (Lipinski definition) is 2. The lowest BCUT2D eigenvalue weighted by atomic mass is 10.0. The highest BCUT2D eigenvalue weighted by molar-refractivity contribution is 5.92. The van der Waals surface area contributed by atoms with Crippen molar-refractivity contribution in [3.63, 3.8) is 0 Å². The van der Waals surface area contributed by atoms with Gasteiger partial charge >= 0.3 is 12.2 Å². The molecule has 2 aliphatic rings. The average molecular weight is 695 g/mol. The number of anilines is 2. The van der Waals surface area contributed by atoms with E-state index in [0.717, 1.165) is 98.6 Å². The number of carbonyl (C=O) groups excluding carboxylic acids is 2. The summed E-state index contributed by atoms with van der Waals surface area (Å²) < 4.78 is 11.7. The SMILES string of the molecule is O=C(Nc1ccccc1-c1ccccc1)OC1CCN(Cc2ccc(CN3CCC(OC(=O)Nc4ccccc4-c4ccccc4)CC3)cc2)CC1. The third-order valence-corrected chi connectivity index (χ3v) is 9.95. The molecule has 0 spiro atoms. The molecule has 8 nitrogen and oxygen atoms in total. The van der Waals surface area contributed by atoms with Gasteiger partial charge in [-0.25, -0.2) is 9.59 Å². The molecule has 5 aromatic rings. The van der Waals surface area contributed by atoms with E-state index in [1.165, 1.54) is 11.1 Å². The van der Waals surface area contributed by atoms with Crippen LogP contribution in [0, 0.1) is 0 Å². The molecule has 2 N–H and O–H groups in total. The van der Waals surface area contributed by atoms with Crippen LogP contribution in [0.5, 0.6) is 0 Å². The number of hydrogen-bond acceptors (Lipinski definition) is 6. The number of piperidine rings is 2. The van der Waals surface area contributed by atoms with E-state index in [0.29, 0.717) is 0 Å². The van der Waals surface area contributed by atoms with Gasteiger partial charge in [-0.15, -0.1) is 0 Å². The number of ether oxygens (including phenoxy) is 2. The van der Waals surface area contributed by atoms with Crippen molar-refractivity contribution in [1.29, 1.82) is 0 Å². The first kappa shape index (κ1) is 35.0. The predicted molar refractivity (Wildman–Crippen MR) is 207 cm³/mol. The van der Waals surface area contributed by atoms with E-state index in [9.17, 15) is 9.59 Å². The molecule has 7 rings (SSSR count). The van der Waals surface area contributed by atoms with Gasteiger partial charge in [-0.2, -0.15) is 0 Å². The Hall–Kier alpha value is -5.44. The summed E-state index contributed by atoms with van der Waals surface area (Å²) in [5.74, 6) is 0. The first-order valence-electron chi connectivity index (χ1n) is 18.3. The normalized spacial score (nSPS) is 15.8. The predicted octanol–water partition coefficient (Wildman–Crippen LogP) is 9.45. The van der Waals surface area contributed by atoms with E-state index in [-0.39, 0.29) is 12.2 Å². The fraction of sp³-hybridized carbons (Fsp3) is 0.273. The number of nitrogens with one attached hydrogen (secondary N) is 2. The van der Waals surface area contributed by atoms with Crippen LogP contribution in [0.4, 0.5) is 21.0 Å². The molecule has 266 valence electrons. The van der Waals surface area contributed by atoms with Gasteiger partial charge in [0.05, 0.1) is 11.4 Å². The first-order chi connectivity index (χ1) is 25.6. The molecule has 0 unspecified atom stereocenters. The van der Waals surface area contributed by atoms with E-state index in [1.54, 1.807) is 0 Å². The second kappa shape index (κ2) is 17.2. The summed E-state index contributed by atoms with van der Waals surface area (Å²) in [6.07, 6.45) is 2.26. The molecule has 52 heavy (non-hydrogen) atoms. The van der Waals surface area contributed by atoms with Crippen LogP contribution >= 0.6 is 0 Å². The van der Waals surface area contributed by atoms with Crippen molar-refractivity contribution >= 4 is 23.6 Å². The lowest BCUT2D eigenvalue weighted by Gasteiger charge is -2.32. The van der Waals surface area contributed by atoms with Crippen molar-refractivity contribution in [1.82, 2.24) is 9.80 Å². The monoisotopic (exact) mass is 694 g/mol. The summed E-state index contributed by atoms with van der Waals surface area (Å²) in [6.45, 7) is 5.29. The van der Waals surface area contributed by atoms with Gasteiger partial charge in [0.1, 0.15) is 12.2 Å². The van der Waals surface area contributed by atoms with Crippen LogP contribution in [0.3, 0.4) is 0 Å². The molecule has 2 aliphatic heterocycles. The molecule has 2 saturated heterocycles. The van der Waals surface area contributed by atoms with Crippen LogP contribution in [0.25, 0.3) is 22.3 Å². The van der Waals surface area contributed by atoms with Gasteiger partial charge in [-0.1, -0.05) is 121 Å². The van der Waals surface area contributed by atoms with Gasteiger partial charge in [0.25, 0.3) is 0 Å². The van der Waals surface area contributed by atoms with Crippen LogP contribution in [-0.2, 0) is 22.6 Å². The third-order valence-electron chi connectivity index (χ3n) is 9.95. The fourth-order valence-electron chi connectivity index (χ4n) is 7.14. The number of carbonyl (C=O) groups is 2. The molecule has 0 radical (unpaired) electrons. The molecule has 0 bridgehead atoms. The van der Waals surface area contributed by atoms with Crippen molar-refractivity contribution in [2.24, 2.45) is 0 Å². The molecule has 2 fully saturated rings. The number of amides is 2. The maximum Gasteiger partial charge on any atom is 0.411 e. The minimum absolute atomic E-state index is 0.0946. The van der Waals surface area contributed by atoms with Gasteiger partial charge in [0.2, 0.25) is 0 Å². The zero-order valence-electron chi connectivity index (χ0n) is 29.5. The highest BCUT2D eigenvalue weighted by Gasteiger charge is 2.24. The maximum atomic E-state index is 12.8. The molecule has 0 aromatic heterocycles. The zero-order chi connectivity index (χ0) is 35.5. The fourth-order valence-corrected chi connectivity index (χ4v) is 7.14. The van der Waals surface area contributed by atoms with Crippen molar-refractivity contribution in [2.45, 2.75) is 51.0 Å². The lowest BCUT2D eigenvalue weighted by Crippen LogP contribution is -2.38. The zero-order valence-corrected chi connectivity index (χ0v) is 29.5. The summed E-state index contributed by atoms with van der Waals surface area (Å²) in [5, 5.41) is 5.93. The number of rotatable bonds is 10. The number of likely N-dealkylation sites (tertiary alicyclic amines) is 2. The van der Waals surface area contributed by atoms with Gasteiger partial charge in [-0.05, 0) is 60.1 Å². The summed E-state index contributed by atoms with van der Waals surface area (Å²) in [7, 11) is 0. The number of nitrogens with zero attached hydrogens (tertiary/aromatic N) is 2. The van der Waals surface area contributed by atoms with Crippen LogP contribution in [0.2, 0.25) is 0 Å². The first-order valence-corrected chi connectivity index (χ1v) is 18.3. The van der Waals surface area contributed by atoms with Gasteiger partial charge < -0.3 is 9.47 Å². The second-order valence-electron chi connectivity index (χ2n) is 13.7. The van der Waals surface area contributed by atoms with E-state index in [1.807, 2.05) is 109 Å². The molecule has 5 aromatic carbocycles. The number of para-hydroxylation sites is 2. The molecule has 2 heterocycles. The van der Waals surface area contributed by atoms with Gasteiger partial charge in [-0.3, -0.25) is 20.4 Å². The minimum Gasteiger partial charge on any atom is -0.446 e. The Morgan fingerprint density at radius 1 is 0.481 bits per heavy atom. The van der Waals surface area contributed by atoms with Crippen LogP contribution < -0.4 is 10.6 Å². The maximum absolute atomic E-state index is 12.8. The van der Waals surface area contributed by atoms with Crippen LogP contribution in [0.15, 0.2) is 133 Å². The van der Waals surface area contributed by atoms with Crippen molar-refractivity contribution in [2.75, 3.05) is 36.8 Å². The summed E-state index contributed by atoms with van der Waals surface area (Å²) in [4.78, 5) is 30.5. The van der Waals surface area contributed by atoms with Crippen LogP contribution in [0.1, 0.15) is 36.8 Å². The highest BCUT2D eigenvalue weighted by Crippen LogP contribution is 2.29. The summed E-state index contributed by atoms with van der Waals surface area (Å²) in [6, 6.07) is 44.6. The Bertz CT molecular complexity index is 1760. The Morgan fingerprint density at radius 3 is 1.21 bits per heavy atom. The van der Waals surface area contributed by atoms with Gasteiger partial charge in [0, 0.05) is 50.4 Å². The summed E-state index contributed by atoms with van der Waals surface area (Å²) >= 11 is 0. The Morgan fingerprint density at radius 2 is 0.827 bits per heavy atom. The average Bonchev–Trinajstić information content (AvgIpc) is 3.18. The molecule has 0 atom stereocenters. The van der Waals surface area contributed by atoms with E-state index in [2.05, 4.69) is 44.7 Å². The van der Waals surface area contributed by atoms with Gasteiger partial charge in [0.15, 0.2) is 0 Å². The standard InChI is InChI=1S/C44H46N4O4/c49-43(45-41-17-9-7-15-39(41)35-11-3-1-4-12-35)51-37-23-27-47(28-24-37)31-33-19-21-34(22-20-33)32-48-29-25-38(26-30-48)52-44(50)46-42-18-10-8-16-40(42)36-13-5-2-6-14-36/h1-22,37-38H,23-32H2,(H,45,49)(H,46,50). The Kier molecular flexibility index (Phi) is 11.6. The van der Waals surface area contributed by atoms with Crippen molar-refractivity contribution in [3.05, 3.63) is 145 Å². The topological polar surface area (TPSA) is 83.1 Å². The molecular formula is C44H46N4O4. The van der Waals surface area contributed by atoms with E-state index < -0.39 is 12.2 Å². The van der Waals surface area contributed by atoms with Crippen LogP contribution in [-0.4, -0.2) is 60.4 Å². The third kappa shape index (κ3) is 9.46. The second-order valence-corrected chi connectivity index (χ2v) is 13.7. The Labute approximate surface area is 306 Å². The quantitative estimate of drug-likeness (QED) is 0.152. The highest BCUT2D eigenvalue weighted by atomic mass is 16.6. The van der Waals surface area contributed by atoms with E-state index in [4.69, 9.17) is 9.47 Å². The molecule has 2 amide bonds. The van der Waals surface area contributed by atoms with Crippen molar-refractivity contribution in [3.8, 4) is 22.3 Å². The minimum atomic E-state index is -0.402. The molecule has 0 saturated carbocycles. The molecular weight excluding hydrogens is 649 g/mol. The van der Waals surface area contributed by atoms with Crippen molar-refractivity contribution < 1.29 is 19.1 Å². The largest absolute Gasteiger partial charge is 0.446 e. The Balaban J connectivity index is 0.807.